The van der Waals surface area contributed by atoms with Gasteiger partial charge in [-0.1, -0.05) is 6.92 Å². The van der Waals surface area contributed by atoms with E-state index in [4.69, 9.17) is 10.5 Å². The molecule has 18 heavy (non-hydrogen) atoms. The third kappa shape index (κ3) is 2.89. The summed E-state index contributed by atoms with van der Waals surface area (Å²) < 4.78 is 5.06. The Hall–Kier alpha value is -1.82. The molecule has 0 unspecified atom stereocenters. The quantitative estimate of drug-likeness (QED) is 0.867. The molecule has 2 aromatic rings. The Morgan fingerprint density at radius 2 is 2.28 bits per heavy atom. The predicted molar refractivity (Wildman–Crippen MR) is 74.0 cm³/mol. The number of nitrogens with zero attached hydrogens (tertiary/aromatic N) is 2. The summed E-state index contributed by atoms with van der Waals surface area (Å²) in [6.07, 6.45) is 2.92. The second-order valence-electron chi connectivity index (χ2n) is 3.72. The number of nitrogens with two attached hydrogens (primary N) is 1. The van der Waals surface area contributed by atoms with E-state index in [-0.39, 0.29) is 0 Å². The number of anilines is 2. The van der Waals surface area contributed by atoms with Crippen LogP contribution in [0.15, 0.2) is 18.3 Å². The van der Waals surface area contributed by atoms with Crippen LogP contribution in [0, 0.1) is 0 Å². The van der Waals surface area contributed by atoms with Crippen molar-refractivity contribution in [3.63, 3.8) is 0 Å². The van der Waals surface area contributed by atoms with Gasteiger partial charge < -0.3 is 15.8 Å². The minimum absolute atomic E-state index is 0.542. The number of methoxy groups -OCH3 is 1. The van der Waals surface area contributed by atoms with E-state index in [1.54, 1.807) is 30.6 Å². The van der Waals surface area contributed by atoms with Crippen LogP contribution in [0.2, 0.25) is 0 Å². The number of ether oxygens (including phenoxy) is 1. The molecule has 0 aliphatic carbocycles. The van der Waals surface area contributed by atoms with E-state index in [9.17, 15) is 0 Å². The van der Waals surface area contributed by atoms with Crippen LogP contribution in [0.5, 0.6) is 5.88 Å². The summed E-state index contributed by atoms with van der Waals surface area (Å²) in [4.78, 5) is 9.86. The first kappa shape index (κ1) is 12.6. The molecular weight excluding hydrogens is 248 g/mol. The van der Waals surface area contributed by atoms with Crippen LogP contribution in [0.3, 0.4) is 0 Å². The van der Waals surface area contributed by atoms with E-state index >= 15 is 0 Å². The Bertz CT molecular complexity index is 527. The van der Waals surface area contributed by atoms with Crippen LogP contribution >= 0.6 is 11.3 Å². The number of rotatable bonds is 5. The second-order valence-corrected chi connectivity index (χ2v) is 4.92. The number of hydrogen-bond donors (Lipinski definition) is 2. The molecule has 3 N–H and O–H groups in total. The zero-order valence-corrected chi connectivity index (χ0v) is 11.3. The van der Waals surface area contributed by atoms with Crippen molar-refractivity contribution in [3.05, 3.63) is 28.2 Å². The van der Waals surface area contributed by atoms with Crippen molar-refractivity contribution >= 4 is 22.8 Å². The van der Waals surface area contributed by atoms with Gasteiger partial charge in [-0.25, -0.2) is 4.98 Å². The van der Waals surface area contributed by atoms with Gasteiger partial charge in [-0.05, 0) is 12.5 Å². The number of nitrogens with one attached hydrogen (secondary N) is 1. The minimum atomic E-state index is 0.542. The zero-order valence-electron chi connectivity index (χ0n) is 10.4. The Kier molecular flexibility index (Phi) is 3.99. The van der Waals surface area contributed by atoms with E-state index in [2.05, 4.69) is 22.2 Å². The van der Waals surface area contributed by atoms with Crippen LogP contribution in [-0.2, 0) is 13.0 Å². The van der Waals surface area contributed by atoms with Crippen molar-refractivity contribution < 1.29 is 4.74 Å². The van der Waals surface area contributed by atoms with Gasteiger partial charge in [0.2, 0.25) is 5.88 Å². The van der Waals surface area contributed by atoms with Gasteiger partial charge in [-0.3, -0.25) is 0 Å². The maximum absolute atomic E-state index is 5.84. The molecule has 6 heteroatoms. The third-order valence-electron chi connectivity index (χ3n) is 2.47. The molecule has 2 rings (SSSR count). The average molecular weight is 264 g/mol. The summed E-state index contributed by atoms with van der Waals surface area (Å²) >= 11 is 1.69. The lowest BCUT2D eigenvalue weighted by Crippen LogP contribution is -2.05. The fourth-order valence-electron chi connectivity index (χ4n) is 1.46. The SMILES string of the molecule is CCc1cnc(CNc2nc(OC)ccc2N)s1. The molecule has 0 radical (unpaired) electrons. The van der Waals surface area contributed by atoms with Crippen LogP contribution in [0.25, 0.3) is 0 Å². The number of thiazole rings is 1. The summed E-state index contributed by atoms with van der Waals surface area (Å²) in [6, 6.07) is 3.51. The average Bonchev–Trinajstić information content (AvgIpc) is 2.86. The normalized spacial score (nSPS) is 10.3. The van der Waals surface area contributed by atoms with Crippen molar-refractivity contribution in [2.75, 3.05) is 18.2 Å². The molecule has 5 nitrogen and oxygen atoms in total. The van der Waals surface area contributed by atoms with E-state index in [1.165, 1.54) is 4.88 Å². The first-order chi connectivity index (χ1) is 8.72. The van der Waals surface area contributed by atoms with Crippen LogP contribution in [-0.4, -0.2) is 17.1 Å². The summed E-state index contributed by atoms with van der Waals surface area (Å²) in [6.45, 7) is 2.74. The summed E-state index contributed by atoms with van der Waals surface area (Å²) in [5.74, 6) is 1.17. The highest BCUT2D eigenvalue weighted by atomic mass is 32.1. The molecule has 0 saturated carbocycles. The molecule has 0 amide bonds. The molecule has 0 saturated heterocycles. The third-order valence-corrected chi connectivity index (χ3v) is 3.61. The van der Waals surface area contributed by atoms with E-state index < -0.39 is 0 Å². The van der Waals surface area contributed by atoms with Crippen LogP contribution < -0.4 is 15.8 Å². The van der Waals surface area contributed by atoms with Crippen molar-refractivity contribution in [1.82, 2.24) is 9.97 Å². The number of aryl methyl sites for hydroxylation is 1. The minimum Gasteiger partial charge on any atom is -0.481 e. The Balaban J connectivity index is 2.05. The maximum atomic E-state index is 5.84. The van der Waals surface area contributed by atoms with Gasteiger partial charge in [0.25, 0.3) is 0 Å². The lowest BCUT2D eigenvalue weighted by atomic mass is 10.4. The van der Waals surface area contributed by atoms with E-state index in [1.807, 2.05) is 6.20 Å². The standard InChI is InChI=1S/C12H16N4OS/c1-3-8-6-14-11(18-8)7-15-12-9(13)4-5-10(16-12)17-2/h4-6H,3,7,13H2,1-2H3,(H,15,16). The van der Waals surface area contributed by atoms with Crippen molar-refractivity contribution in [2.45, 2.75) is 19.9 Å². The number of hydrogen-bond acceptors (Lipinski definition) is 6. The Morgan fingerprint density at radius 1 is 1.44 bits per heavy atom. The Labute approximate surface area is 110 Å². The molecule has 0 aliphatic rings. The van der Waals surface area contributed by atoms with Gasteiger partial charge in [-0.2, -0.15) is 4.98 Å². The summed E-state index contributed by atoms with van der Waals surface area (Å²) in [5, 5.41) is 4.20. The van der Waals surface area contributed by atoms with Crippen LogP contribution in [0.4, 0.5) is 11.5 Å². The largest absolute Gasteiger partial charge is 0.481 e. The zero-order chi connectivity index (χ0) is 13.0. The predicted octanol–water partition coefficient (Wildman–Crippen LogP) is 2.30. The van der Waals surface area contributed by atoms with E-state index in [0.29, 0.717) is 23.9 Å². The van der Waals surface area contributed by atoms with Crippen molar-refractivity contribution in [3.8, 4) is 5.88 Å². The molecular formula is C12H16N4OS. The number of nitrogen functional groups attached to an aromatic ring is 1. The van der Waals surface area contributed by atoms with Gasteiger partial charge in [0, 0.05) is 17.1 Å². The molecule has 0 bridgehead atoms. The van der Waals surface area contributed by atoms with Gasteiger partial charge in [0.1, 0.15) is 5.01 Å². The van der Waals surface area contributed by atoms with Crippen molar-refractivity contribution in [2.24, 2.45) is 0 Å². The first-order valence-corrected chi connectivity index (χ1v) is 6.52. The molecule has 96 valence electrons. The Morgan fingerprint density at radius 3 is 2.94 bits per heavy atom. The highest BCUT2D eigenvalue weighted by Gasteiger charge is 2.05. The topological polar surface area (TPSA) is 73.1 Å². The maximum Gasteiger partial charge on any atom is 0.215 e. The monoisotopic (exact) mass is 264 g/mol. The molecule has 0 spiro atoms. The fourth-order valence-corrected chi connectivity index (χ4v) is 2.26. The summed E-state index contributed by atoms with van der Waals surface area (Å²) in [5.41, 5.74) is 6.44. The van der Waals surface area contributed by atoms with E-state index in [0.717, 1.165) is 11.4 Å². The fraction of sp³-hybridized carbons (Fsp3) is 0.333. The molecule has 0 fully saturated rings. The highest BCUT2D eigenvalue weighted by Crippen LogP contribution is 2.21. The van der Waals surface area contributed by atoms with Gasteiger partial charge in [0.15, 0.2) is 5.82 Å². The molecule has 0 aromatic carbocycles. The molecule has 0 atom stereocenters. The lowest BCUT2D eigenvalue weighted by Gasteiger charge is -2.08. The number of pyridine rings is 1. The van der Waals surface area contributed by atoms with Crippen molar-refractivity contribution in [1.29, 1.82) is 0 Å². The second kappa shape index (κ2) is 5.68. The lowest BCUT2D eigenvalue weighted by molar-refractivity contribution is 0.398. The van der Waals surface area contributed by atoms with Gasteiger partial charge >= 0.3 is 0 Å². The van der Waals surface area contributed by atoms with Gasteiger partial charge in [-0.15, -0.1) is 11.3 Å². The molecule has 2 heterocycles. The smallest absolute Gasteiger partial charge is 0.215 e. The van der Waals surface area contributed by atoms with Gasteiger partial charge in [0.05, 0.1) is 19.3 Å². The van der Waals surface area contributed by atoms with Crippen LogP contribution in [0.1, 0.15) is 16.8 Å². The number of aromatic nitrogens is 2. The molecule has 0 aliphatic heterocycles. The summed E-state index contributed by atoms with van der Waals surface area (Å²) in [7, 11) is 1.58. The first-order valence-electron chi connectivity index (χ1n) is 5.71. The molecule has 2 aromatic heterocycles. The highest BCUT2D eigenvalue weighted by molar-refractivity contribution is 7.11.